The summed E-state index contributed by atoms with van der Waals surface area (Å²) in [4.78, 5) is 15.7. The van der Waals surface area contributed by atoms with Crippen LogP contribution in [0.5, 0.6) is 0 Å². The third-order valence-corrected chi connectivity index (χ3v) is 7.78. The zero-order chi connectivity index (χ0) is 18.4. The number of rotatable bonds is 3. The van der Waals surface area contributed by atoms with E-state index in [0.29, 0.717) is 24.2 Å². The van der Waals surface area contributed by atoms with Crippen molar-refractivity contribution in [2.75, 3.05) is 7.05 Å². The normalized spacial score (nSPS) is 31.7. The van der Waals surface area contributed by atoms with Crippen LogP contribution in [0.4, 0.5) is 0 Å². The second-order valence-electron chi connectivity index (χ2n) is 9.41. The largest absolute Gasteiger partial charge is 0.348 e. The van der Waals surface area contributed by atoms with E-state index in [2.05, 4.69) is 21.9 Å². The molecule has 3 heterocycles. The molecule has 4 aliphatic rings. The lowest BCUT2D eigenvalue weighted by Crippen LogP contribution is -2.48. The monoisotopic (exact) mass is 370 g/mol. The van der Waals surface area contributed by atoms with Gasteiger partial charge in [0.1, 0.15) is 0 Å². The number of hydrogen-bond acceptors (Lipinski definition) is 3. The van der Waals surface area contributed by atoms with Crippen LogP contribution in [0, 0.1) is 0 Å². The first kappa shape index (κ1) is 17.7. The summed E-state index contributed by atoms with van der Waals surface area (Å²) in [6, 6.07) is 2.15. The Balaban J connectivity index is 1.36. The molecule has 1 aromatic rings. The zero-order valence-electron chi connectivity index (χ0n) is 16.8. The van der Waals surface area contributed by atoms with Crippen molar-refractivity contribution in [1.82, 2.24) is 20.0 Å². The van der Waals surface area contributed by atoms with Gasteiger partial charge < -0.3 is 10.2 Å². The number of piperidine rings is 1. The van der Waals surface area contributed by atoms with Gasteiger partial charge >= 0.3 is 0 Å². The molecular weight excluding hydrogens is 336 g/mol. The molecule has 2 atom stereocenters. The van der Waals surface area contributed by atoms with E-state index in [9.17, 15) is 4.79 Å². The van der Waals surface area contributed by atoms with Crippen molar-refractivity contribution in [3.8, 4) is 0 Å². The Morgan fingerprint density at radius 3 is 2.37 bits per heavy atom. The third kappa shape index (κ3) is 3.22. The van der Waals surface area contributed by atoms with Gasteiger partial charge in [-0.2, -0.15) is 5.10 Å². The zero-order valence-corrected chi connectivity index (χ0v) is 16.8. The molecule has 2 bridgehead atoms. The third-order valence-electron chi connectivity index (χ3n) is 7.78. The highest BCUT2D eigenvalue weighted by Crippen LogP contribution is 2.35. The Kier molecular flexibility index (Phi) is 4.75. The van der Waals surface area contributed by atoms with Gasteiger partial charge in [0.25, 0.3) is 5.91 Å². The van der Waals surface area contributed by atoms with Crippen molar-refractivity contribution in [2.45, 2.75) is 108 Å². The summed E-state index contributed by atoms with van der Waals surface area (Å²) in [6.07, 6.45) is 15.8. The summed E-state index contributed by atoms with van der Waals surface area (Å²) in [7, 11) is 2.25. The van der Waals surface area contributed by atoms with Gasteiger partial charge in [-0.05, 0) is 71.3 Å². The van der Waals surface area contributed by atoms with E-state index in [1.54, 1.807) is 0 Å². The molecule has 27 heavy (non-hydrogen) atoms. The molecule has 3 fully saturated rings. The van der Waals surface area contributed by atoms with E-state index < -0.39 is 0 Å². The molecule has 2 unspecified atom stereocenters. The van der Waals surface area contributed by atoms with Crippen LogP contribution in [0.3, 0.4) is 0 Å². The summed E-state index contributed by atoms with van der Waals surface area (Å²) < 4.78 is 2.28. The summed E-state index contributed by atoms with van der Waals surface area (Å²) >= 11 is 0. The lowest BCUT2D eigenvalue weighted by atomic mass is 9.92. The second kappa shape index (κ2) is 7.23. The van der Waals surface area contributed by atoms with Gasteiger partial charge in [0.05, 0.1) is 6.04 Å². The lowest BCUT2D eigenvalue weighted by Gasteiger charge is -2.36. The van der Waals surface area contributed by atoms with E-state index in [1.165, 1.54) is 69.0 Å². The topological polar surface area (TPSA) is 50.2 Å². The molecule has 0 radical (unpaired) electrons. The summed E-state index contributed by atoms with van der Waals surface area (Å²) in [5.74, 6) is 0.0941. The summed E-state index contributed by atoms with van der Waals surface area (Å²) in [6.45, 7) is 0. The summed E-state index contributed by atoms with van der Waals surface area (Å²) in [5.41, 5.74) is 3.39. The van der Waals surface area contributed by atoms with Crippen LogP contribution in [0.25, 0.3) is 0 Å². The molecule has 5 rings (SSSR count). The summed E-state index contributed by atoms with van der Waals surface area (Å²) in [5, 5.41) is 8.33. The fraction of sp³-hybridized carbons (Fsp3) is 0.818. The quantitative estimate of drug-likeness (QED) is 0.884. The lowest BCUT2D eigenvalue weighted by molar-refractivity contribution is 0.0875. The molecule has 2 aliphatic heterocycles. The number of aromatic nitrogens is 2. The first-order chi connectivity index (χ1) is 13.2. The van der Waals surface area contributed by atoms with Crippen LogP contribution in [0.1, 0.15) is 98.4 Å². The highest BCUT2D eigenvalue weighted by atomic mass is 16.2. The molecule has 1 aromatic heterocycles. The Morgan fingerprint density at radius 2 is 1.63 bits per heavy atom. The smallest absolute Gasteiger partial charge is 0.272 e. The molecule has 148 valence electrons. The Hall–Kier alpha value is -1.36. The Morgan fingerprint density at radius 1 is 0.926 bits per heavy atom. The van der Waals surface area contributed by atoms with Crippen LogP contribution in [-0.4, -0.2) is 45.8 Å². The van der Waals surface area contributed by atoms with Crippen LogP contribution >= 0.6 is 0 Å². The maximum Gasteiger partial charge on any atom is 0.272 e. The number of nitrogens with zero attached hydrogens (tertiary/aromatic N) is 3. The number of carbonyl (C=O) groups is 1. The fourth-order valence-electron chi connectivity index (χ4n) is 6.22. The van der Waals surface area contributed by atoms with Crippen molar-refractivity contribution < 1.29 is 4.79 Å². The molecular formula is C22H34N4O. The molecule has 0 aromatic carbocycles. The van der Waals surface area contributed by atoms with Gasteiger partial charge in [0, 0.05) is 29.4 Å². The molecule has 5 nitrogen and oxygen atoms in total. The van der Waals surface area contributed by atoms with Crippen LogP contribution < -0.4 is 5.32 Å². The van der Waals surface area contributed by atoms with Gasteiger partial charge in [-0.3, -0.25) is 9.48 Å². The standard InChI is InChI=1S/C22H34N4O/c1-25-17-11-12-18(25)14-15(13-17)23-22(27)21-19-9-5-6-10-20(19)26(24-21)16-7-3-2-4-8-16/h15-18H,2-14H2,1H3,(H,23,27). The predicted octanol–water partition coefficient (Wildman–Crippen LogP) is 3.62. The highest BCUT2D eigenvalue weighted by molar-refractivity contribution is 5.94. The minimum absolute atomic E-state index is 0.0941. The highest BCUT2D eigenvalue weighted by Gasteiger charge is 2.39. The minimum atomic E-state index is 0.0941. The molecule has 2 aliphatic carbocycles. The molecule has 5 heteroatoms. The van der Waals surface area contributed by atoms with Crippen LogP contribution in [-0.2, 0) is 12.8 Å². The van der Waals surface area contributed by atoms with E-state index in [4.69, 9.17) is 5.10 Å². The number of fused-ring (bicyclic) bond motifs is 3. The van der Waals surface area contributed by atoms with Crippen LogP contribution in [0.2, 0.25) is 0 Å². The second-order valence-corrected chi connectivity index (χ2v) is 9.41. The average molecular weight is 371 g/mol. The fourth-order valence-corrected chi connectivity index (χ4v) is 6.22. The van der Waals surface area contributed by atoms with Gasteiger partial charge in [-0.25, -0.2) is 0 Å². The van der Waals surface area contributed by atoms with E-state index in [-0.39, 0.29) is 5.91 Å². The van der Waals surface area contributed by atoms with E-state index in [1.807, 2.05) is 0 Å². The first-order valence-corrected chi connectivity index (χ1v) is 11.3. The molecule has 1 amide bonds. The average Bonchev–Trinajstić information content (AvgIpc) is 3.16. The Labute approximate surface area is 162 Å². The number of carbonyl (C=O) groups excluding carboxylic acids is 1. The number of nitrogens with one attached hydrogen (secondary N) is 1. The van der Waals surface area contributed by atoms with E-state index >= 15 is 0 Å². The molecule has 0 spiro atoms. The predicted molar refractivity (Wildman–Crippen MR) is 106 cm³/mol. The Bertz CT molecular complexity index is 691. The van der Waals surface area contributed by atoms with Crippen molar-refractivity contribution >= 4 is 5.91 Å². The van der Waals surface area contributed by atoms with Crippen molar-refractivity contribution in [2.24, 2.45) is 0 Å². The number of hydrogen-bond donors (Lipinski definition) is 1. The SMILES string of the molecule is CN1C2CCC1CC(NC(=O)c1nn(C3CCCCC3)c3c1CCCC3)C2. The first-order valence-electron chi connectivity index (χ1n) is 11.3. The minimum Gasteiger partial charge on any atom is -0.348 e. The molecule has 1 N–H and O–H groups in total. The van der Waals surface area contributed by atoms with Crippen molar-refractivity contribution in [3.63, 3.8) is 0 Å². The van der Waals surface area contributed by atoms with Gasteiger partial charge in [0.15, 0.2) is 5.69 Å². The van der Waals surface area contributed by atoms with Crippen molar-refractivity contribution in [3.05, 3.63) is 17.0 Å². The molecule has 2 saturated heterocycles. The maximum absolute atomic E-state index is 13.2. The van der Waals surface area contributed by atoms with Crippen LogP contribution in [0.15, 0.2) is 0 Å². The van der Waals surface area contributed by atoms with Gasteiger partial charge in [0.2, 0.25) is 0 Å². The maximum atomic E-state index is 13.2. The van der Waals surface area contributed by atoms with Crippen molar-refractivity contribution in [1.29, 1.82) is 0 Å². The number of amides is 1. The van der Waals surface area contributed by atoms with E-state index in [0.717, 1.165) is 31.4 Å². The van der Waals surface area contributed by atoms with Gasteiger partial charge in [-0.15, -0.1) is 0 Å². The molecule has 1 saturated carbocycles. The van der Waals surface area contributed by atoms with Gasteiger partial charge in [-0.1, -0.05) is 19.3 Å².